The molecule has 6 heteroatoms. The standard InChI is InChI=1S/C13H16N4O2/c18-13(19)11-4-3-6-16-12(11)15-5-1-2-8-17-9-7-14-10-17/h3-4,6-7,9-10H,1-2,5,8H2,(H,15,16)(H,18,19). The summed E-state index contributed by atoms with van der Waals surface area (Å²) in [4.78, 5) is 19.0. The third-order valence-electron chi connectivity index (χ3n) is 2.73. The van der Waals surface area contributed by atoms with E-state index in [0.29, 0.717) is 12.4 Å². The molecule has 0 aliphatic carbocycles. The van der Waals surface area contributed by atoms with Gasteiger partial charge in [0, 0.05) is 31.7 Å². The number of hydrogen-bond donors (Lipinski definition) is 2. The topological polar surface area (TPSA) is 80.0 Å². The molecular weight excluding hydrogens is 244 g/mol. The van der Waals surface area contributed by atoms with Crippen LogP contribution in [0.25, 0.3) is 0 Å². The molecule has 2 rings (SSSR count). The number of hydrogen-bond acceptors (Lipinski definition) is 4. The summed E-state index contributed by atoms with van der Waals surface area (Å²) < 4.78 is 2.02. The molecule has 19 heavy (non-hydrogen) atoms. The van der Waals surface area contributed by atoms with Gasteiger partial charge in [0.05, 0.1) is 6.33 Å². The zero-order valence-corrected chi connectivity index (χ0v) is 10.5. The first-order valence-corrected chi connectivity index (χ1v) is 6.15. The first-order chi connectivity index (χ1) is 9.27. The fourth-order valence-electron chi connectivity index (χ4n) is 1.76. The van der Waals surface area contributed by atoms with Crippen LogP contribution >= 0.6 is 0 Å². The van der Waals surface area contributed by atoms with Crippen LogP contribution in [0.4, 0.5) is 5.82 Å². The van der Waals surface area contributed by atoms with Crippen molar-refractivity contribution in [1.82, 2.24) is 14.5 Å². The molecule has 0 fully saturated rings. The average Bonchev–Trinajstić information content (AvgIpc) is 2.92. The van der Waals surface area contributed by atoms with Gasteiger partial charge in [-0.15, -0.1) is 0 Å². The van der Waals surface area contributed by atoms with Crippen LogP contribution in [0.2, 0.25) is 0 Å². The molecule has 2 heterocycles. The molecule has 0 unspecified atom stereocenters. The second-order valence-electron chi connectivity index (χ2n) is 4.14. The molecule has 0 amide bonds. The van der Waals surface area contributed by atoms with E-state index in [4.69, 9.17) is 5.11 Å². The highest BCUT2D eigenvalue weighted by molar-refractivity contribution is 5.92. The van der Waals surface area contributed by atoms with E-state index in [0.717, 1.165) is 19.4 Å². The van der Waals surface area contributed by atoms with Gasteiger partial charge >= 0.3 is 5.97 Å². The third kappa shape index (κ3) is 3.80. The predicted molar refractivity (Wildman–Crippen MR) is 71.1 cm³/mol. The van der Waals surface area contributed by atoms with E-state index in [1.54, 1.807) is 30.9 Å². The average molecular weight is 260 g/mol. The molecule has 0 radical (unpaired) electrons. The lowest BCUT2D eigenvalue weighted by atomic mass is 10.2. The maximum Gasteiger partial charge on any atom is 0.339 e. The number of nitrogens with zero attached hydrogens (tertiary/aromatic N) is 3. The van der Waals surface area contributed by atoms with E-state index in [1.807, 2.05) is 10.8 Å². The first kappa shape index (κ1) is 13.1. The Labute approximate surface area is 111 Å². The fraction of sp³-hybridized carbons (Fsp3) is 0.308. The number of aromatic nitrogens is 3. The molecule has 100 valence electrons. The molecule has 6 nitrogen and oxygen atoms in total. The second-order valence-corrected chi connectivity index (χ2v) is 4.14. The Morgan fingerprint density at radius 2 is 2.26 bits per heavy atom. The van der Waals surface area contributed by atoms with Gasteiger partial charge in [0.15, 0.2) is 0 Å². The number of pyridine rings is 1. The summed E-state index contributed by atoms with van der Waals surface area (Å²) in [6.45, 7) is 1.61. The number of nitrogens with one attached hydrogen (secondary N) is 1. The predicted octanol–water partition coefficient (Wildman–Crippen LogP) is 1.87. The maximum absolute atomic E-state index is 11.0. The molecule has 0 aromatic carbocycles. The van der Waals surface area contributed by atoms with Gasteiger partial charge in [-0.3, -0.25) is 0 Å². The normalized spacial score (nSPS) is 10.3. The maximum atomic E-state index is 11.0. The van der Waals surface area contributed by atoms with Gasteiger partial charge in [-0.2, -0.15) is 0 Å². The first-order valence-electron chi connectivity index (χ1n) is 6.15. The van der Waals surface area contributed by atoms with Crippen molar-refractivity contribution >= 4 is 11.8 Å². The molecule has 0 saturated heterocycles. The highest BCUT2D eigenvalue weighted by Crippen LogP contribution is 2.11. The molecular formula is C13H16N4O2. The van der Waals surface area contributed by atoms with Crippen molar-refractivity contribution < 1.29 is 9.90 Å². The van der Waals surface area contributed by atoms with E-state index < -0.39 is 5.97 Å². The fourth-order valence-corrected chi connectivity index (χ4v) is 1.76. The lowest BCUT2D eigenvalue weighted by molar-refractivity contribution is 0.0697. The van der Waals surface area contributed by atoms with Crippen LogP contribution < -0.4 is 5.32 Å². The minimum absolute atomic E-state index is 0.206. The van der Waals surface area contributed by atoms with E-state index in [-0.39, 0.29) is 5.56 Å². The van der Waals surface area contributed by atoms with Crippen LogP contribution in [0.15, 0.2) is 37.1 Å². The van der Waals surface area contributed by atoms with E-state index in [9.17, 15) is 4.79 Å². The second kappa shape index (κ2) is 6.53. The summed E-state index contributed by atoms with van der Waals surface area (Å²) >= 11 is 0. The van der Waals surface area contributed by atoms with Crippen LogP contribution in [0.5, 0.6) is 0 Å². The number of aryl methyl sites for hydroxylation is 1. The third-order valence-corrected chi connectivity index (χ3v) is 2.73. The minimum atomic E-state index is -0.964. The minimum Gasteiger partial charge on any atom is -0.478 e. The summed E-state index contributed by atoms with van der Waals surface area (Å²) in [5, 5.41) is 12.1. The molecule has 0 spiro atoms. The lowest BCUT2D eigenvalue weighted by Crippen LogP contribution is -2.09. The zero-order valence-electron chi connectivity index (χ0n) is 10.5. The molecule has 2 aromatic heterocycles. The number of carbonyl (C=O) groups is 1. The number of anilines is 1. The van der Waals surface area contributed by atoms with Gasteiger partial charge in [0.1, 0.15) is 11.4 Å². The molecule has 0 atom stereocenters. The smallest absolute Gasteiger partial charge is 0.339 e. The van der Waals surface area contributed by atoms with Gasteiger partial charge in [-0.25, -0.2) is 14.8 Å². The monoisotopic (exact) mass is 260 g/mol. The Balaban J connectivity index is 1.75. The number of carboxylic acids is 1. The van der Waals surface area contributed by atoms with Gasteiger partial charge in [-0.05, 0) is 25.0 Å². The van der Waals surface area contributed by atoms with Crippen LogP contribution in [-0.2, 0) is 6.54 Å². The van der Waals surface area contributed by atoms with Crippen LogP contribution in [0, 0.1) is 0 Å². The summed E-state index contributed by atoms with van der Waals surface area (Å²) in [6.07, 6.45) is 8.99. The molecule has 0 aliphatic heterocycles. The largest absolute Gasteiger partial charge is 0.478 e. The quantitative estimate of drug-likeness (QED) is 0.743. The summed E-state index contributed by atoms with van der Waals surface area (Å²) in [5.41, 5.74) is 0.206. The SMILES string of the molecule is O=C(O)c1cccnc1NCCCCn1ccnc1. The van der Waals surface area contributed by atoms with Gasteiger partial charge in [0.2, 0.25) is 0 Å². The van der Waals surface area contributed by atoms with Crippen molar-refractivity contribution in [2.75, 3.05) is 11.9 Å². The van der Waals surface area contributed by atoms with Gasteiger partial charge < -0.3 is 15.0 Å². The Hall–Kier alpha value is -2.37. The molecule has 0 bridgehead atoms. The Morgan fingerprint density at radius 1 is 1.37 bits per heavy atom. The Bertz CT molecular complexity index is 525. The molecule has 2 N–H and O–H groups in total. The number of unbranched alkanes of at least 4 members (excludes halogenated alkanes) is 1. The number of aromatic carboxylic acids is 1. The van der Waals surface area contributed by atoms with Crippen molar-refractivity contribution in [3.05, 3.63) is 42.6 Å². The van der Waals surface area contributed by atoms with Crippen LogP contribution in [0.3, 0.4) is 0 Å². The number of rotatable bonds is 7. The van der Waals surface area contributed by atoms with Crippen molar-refractivity contribution in [2.45, 2.75) is 19.4 Å². The van der Waals surface area contributed by atoms with E-state index >= 15 is 0 Å². The summed E-state index contributed by atoms with van der Waals surface area (Å²) in [7, 11) is 0. The Kier molecular flexibility index (Phi) is 4.49. The zero-order chi connectivity index (χ0) is 13.5. The van der Waals surface area contributed by atoms with E-state index in [2.05, 4.69) is 15.3 Å². The lowest BCUT2D eigenvalue weighted by Gasteiger charge is -2.08. The van der Waals surface area contributed by atoms with Crippen molar-refractivity contribution in [3.63, 3.8) is 0 Å². The van der Waals surface area contributed by atoms with Crippen molar-refractivity contribution in [2.24, 2.45) is 0 Å². The van der Waals surface area contributed by atoms with E-state index in [1.165, 1.54) is 0 Å². The summed E-state index contributed by atoms with van der Waals surface area (Å²) in [6, 6.07) is 3.16. The number of carboxylic acid groups (broad SMARTS) is 1. The van der Waals surface area contributed by atoms with Gasteiger partial charge in [-0.1, -0.05) is 0 Å². The van der Waals surface area contributed by atoms with Crippen LogP contribution in [0.1, 0.15) is 23.2 Å². The van der Waals surface area contributed by atoms with Gasteiger partial charge in [0.25, 0.3) is 0 Å². The van der Waals surface area contributed by atoms with Crippen LogP contribution in [-0.4, -0.2) is 32.2 Å². The highest BCUT2D eigenvalue weighted by Gasteiger charge is 2.09. The Morgan fingerprint density at radius 3 is 3.00 bits per heavy atom. The number of imidazole rings is 1. The van der Waals surface area contributed by atoms with Crippen molar-refractivity contribution in [3.8, 4) is 0 Å². The highest BCUT2D eigenvalue weighted by atomic mass is 16.4. The molecule has 0 saturated carbocycles. The summed E-state index contributed by atoms with van der Waals surface area (Å²) in [5.74, 6) is -0.536. The molecule has 2 aromatic rings. The van der Waals surface area contributed by atoms with Crippen molar-refractivity contribution in [1.29, 1.82) is 0 Å². The molecule has 0 aliphatic rings.